The third-order valence-electron chi connectivity index (χ3n) is 4.69. The molecule has 46 heavy (non-hydrogen) atoms. The lowest BCUT2D eigenvalue weighted by molar-refractivity contribution is -0.173. The highest BCUT2D eigenvalue weighted by molar-refractivity contribution is 6.17. The van der Waals surface area contributed by atoms with Crippen LogP contribution in [0.5, 0.6) is 0 Å². The fourth-order valence-corrected chi connectivity index (χ4v) is 2.09. The molecule has 0 fully saturated rings. The lowest BCUT2D eigenvalue weighted by Crippen LogP contribution is -2.24. The summed E-state index contributed by atoms with van der Waals surface area (Å²) in [5.74, 6) is -3.14. The van der Waals surface area contributed by atoms with Crippen LogP contribution in [0, 0.1) is 10.8 Å². The quantitative estimate of drug-likeness (QED) is 0.128. The maximum atomic E-state index is 11.3. The Morgan fingerprint density at radius 3 is 1.17 bits per heavy atom. The van der Waals surface area contributed by atoms with Crippen LogP contribution in [0.3, 0.4) is 0 Å². The molecule has 0 unspecified atom stereocenters. The predicted molar refractivity (Wildman–Crippen MR) is 173 cm³/mol. The molecular formula is C31H58ClNO13. The second-order valence-electron chi connectivity index (χ2n) is 11.2. The number of hydrogen-bond acceptors (Lipinski definition) is 13. The standard InChI is InChI=1S/C11H18O6.C6H11ClO2.C6H15N.C5H8O4.C3H6O/c1-11(2,3)10(14)17-7-16-9(13)6-5-8(12)15-4;1-6(2,3)5(8)9-4-7;1-4-7(5-2)6-3;1-9-5(8)3-2-4(6)7;1-3(2)4/h5-7H2,1-4H3;4H2,1-3H3;4-6H2,1-3H3;2-3H2,1H3,(H,6,7);1-2H3. The number of hydrogen-bond donors (Lipinski definition) is 1. The maximum absolute atomic E-state index is 11.3. The first-order chi connectivity index (χ1) is 21.0. The Morgan fingerprint density at radius 1 is 0.609 bits per heavy atom. The summed E-state index contributed by atoms with van der Waals surface area (Å²) >= 11 is 5.16. The summed E-state index contributed by atoms with van der Waals surface area (Å²) in [5, 5.41) is 8.05. The van der Waals surface area contributed by atoms with Crippen LogP contribution in [-0.2, 0) is 57.2 Å². The van der Waals surface area contributed by atoms with Gasteiger partial charge in [-0.2, -0.15) is 0 Å². The number of carbonyl (C=O) groups is 7. The number of nitrogens with zero attached hydrogens (tertiary/aromatic N) is 1. The molecule has 0 atom stereocenters. The topological polar surface area (TPSA) is 189 Å². The van der Waals surface area contributed by atoms with Crippen molar-refractivity contribution < 1.29 is 62.4 Å². The molecule has 0 radical (unpaired) electrons. The van der Waals surface area contributed by atoms with E-state index in [0.29, 0.717) is 0 Å². The molecule has 0 saturated carbocycles. The van der Waals surface area contributed by atoms with Crippen LogP contribution in [0.15, 0.2) is 0 Å². The summed E-state index contributed by atoms with van der Waals surface area (Å²) in [4.78, 5) is 75.7. The summed E-state index contributed by atoms with van der Waals surface area (Å²) in [6, 6.07) is -0.0594. The normalized spacial score (nSPS) is 9.89. The number of Topliss-reactive ketones (excluding diaryl/α,β-unsaturated/α-hetero) is 1. The lowest BCUT2D eigenvalue weighted by Gasteiger charge is -2.16. The highest BCUT2D eigenvalue weighted by Crippen LogP contribution is 2.15. The molecule has 0 aromatic carbocycles. The van der Waals surface area contributed by atoms with Gasteiger partial charge < -0.3 is 38.5 Å². The zero-order chi connectivity index (χ0) is 37.5. The number of esters is 5. The van der Waals surface area contributed by atoms with Gasteiger partial charge >= 0.3 is 35.8 Å². The monoisotopic (exact) mass is 687 g/mol. The van der Waals surface area contributed by atoms with Gasteiger partial charge in [-0.15, -0.1) is 0 Å². The van der Waals surface area contributed by atoms with E-state index in [-0.39, 0.29) is 43.5 Å². The van der Waals surface area contributed by atoms with Crippen molar-refractivity contribution in [1.82, 2.24) is 4.90 Å². The van der Waals surface area contributed by atoms with E-state index in [9.17, 15) is 33.6 Å². The molecule has 0 spiro atoms. The zero-order valence-electron chi connectivity index (χ0n) is 30.0. The van der Waals surface area contributed by atoms with Crippen molar-refractivity contribution in [2.24, 2.45) is 10.8 Å². The average molecular weight is 688 g/mol. The first-order valence-corrected chi connectivity index (χ1v) is 15.1. The Labute approximate surface area is 279 Å². The first-order valence-electron chi connectivity index (χ1n) is 14.6. The SMILES string of the molecule is CC(C)(C)C(=O)OCCl.CC(C)=O.CCN(CC)CC.COC(=O)CCC(=O)O.COC(=O)CCC(=O)OCOC(=O)C(C)(C)C. The van der Waals surface area contributed by atoms with Gasteiger partial charge in [0.1, 0.15) is 5.78 Å². The van der Waals surface area contributed by atoms with E-state index in [4.69, 9.17) is 21.4 Å². The van der Waals surface area contributed by atoms with Crippen molar-refractivity contribution in [3.8, 4) is 0 Å². The van der Waals surface area contributed by atoms with Gasteiger partial charge in [0.05, 0.1) is 50.7 Å². The first kappa shape index (κ1) is 52.3. The van der Waals surface area contributed by atoms with E-state index in [1.54, 1.807) is 41.5 Å². The van der Waals surface area contributed by atoms with Gasteiger partial charge in [-0.1, -0.05) is 32.4 Å². The summed E-state index contributed by atoms with van der Waals surface area (Å²) in [5.41, 5.74) is -1.08. The van der Waals surface area contributed by atoms with Gasteiger partial charge in [0.15, 0.2) is 6.07 Å². The molecule has 0 aromatic heterocycles. The minimum absolute atomic E-state index is 0.0498. The molecule has 272 valence electrons. The van der Waals surface area contributed by atoms with Crippen LogP contribution in [0.1, 0.15) is 102 Å². The average Bonchev–Trinajstić information content (AvgIpc) is 2.95. The van der Waals surface area contributed by atoms with Crippen molar-refractivity contribution >= 4 is 53.2 Å². The minimum atomic E-state index is -0.986. The highest BCUT2D eigenvalue weighted by atomic mass is 35.5. The van der Waals surface area contributed by atoms with Crippen molar-refractivity contribution in [1.29, 1.82) is 0 Å². The van der Waals surface area contributed by atoms with E-state index in [0.717, 1.165) is 0 Å². The van der Waals surface area contributed by atoms with Crippen LogP contribution in [0.2, 0.25) is 0 Å². The summed E-state index contributed by atoms with van der Waals surface area (Å²) in [6.45, 7) is 23.2. The number of rotatable bonds is 12. The van der Waals surface area contributed by atoms with E-state index < -0.39 is 47.5 Å². The molecule has 0 heterocycles. The van der Waals surface area contributed by atoms with Gasteiger partial charge in [-0.25, -0.2) is 0 Å². The van der Waals surface area contributed by atoms with E-state index >= 15 is 0 Å². The third-order valence-corrected chi connectivity index (χ3v) is 4.80. The highest BCUT2D eigenvalue weighted by Gasteiger charge is 2.23. The number of carbonyl (C=O) groups excluding carboxylic acids is 6. The van der Waals surface area contributed by atoms with E-state index in [2.05, 4.69) is 44.6 Å². The van der Waals surface area contributed by atoms with Gasteiger partial charge in [-0.3, -0.25) is 28.8 Å². The van der Waals surface area contributed by atoms with Crippen molar-refractivity contribution in [2.75, 3.05) is 46.7 Å². The molecule has 0 aliphatic heterocycles. The Bertz CT molecular complexity index is 865. The second-order valence-corrected chi connectivity index (χ2v) is 11.4. The van der Waals surface area contributed by atoms with Crippen LogP contribution >= 0.6 is 11.6 Å². The molecular weight excluding hydrogens is 630 g/mol. The van der Waals surface area contributed by atoms with Crippen molar-refractivity contribution in [2.45, 2.75) is 102 Å². The van der Waals surface area contributed by atoms with Crippen LogP contribution in [-0.4, -0.2) is 98.3 Å². The number of carboxylic acids is 1. The van der Waals surface area contributed by atoms with E-state index in [1.165, 1.54) is 47.7 Å². The zero-order valence-corrected chi connectivity index (χ0v) is 30.8. The van der Waals surface area contributed by atoms with Crippen molar-refractivity contribution in [3.63, 3.8) is 0 Å². The van der Waals surface area contributed by atoms with Gasteiger partial charge in [-0.05, 0) is 75.0 Å². The summed E-state index contributed by atoms with van der Waals surface area (Å²) in [6.07, 6.45) is -0.360. The third kappa shape index (κ3) is 45.2. The lowest BCUT2D eigenvalue weighted by atomic mass is 9.98. The Morgan fingerprint density at radius 2 is 0.935 bits per heavy atom. The molecule has 0 bridgehead atoms. The number of ether oxygens (including phenoxy) is 5. The van der Waals surface area contributed by atoms with Crippen LogP contribution < -0.4 is 0 Å². The second kappa shape index (κ2) is 31.7. The van der Waals surface area contributed by atoms with Crippen LogP contribution in [0.25, 0.3) is 0 Å². The fourth-order valence-electron chi connectivity index (χ4n) is 1.99. The number of ketones is 1. The summed E-state index contributed by atoms with van der Waals surface area (Å²) in [7, 11) is 2.46. The maximum Gasteiger partial charge on any atom is 0.314 e. The van der Waals surface area contributed by atoms with Gasteiger partial charge in [0.2, 0.25) is 6.79 Å². The minimum Gasteiger partial charge on any atom is -0.481 e. The fraction of sp³-hybridized carbons (Fsp3) is 0.774. The molecule has 14 nitrogen and oxygen atoms in total. The Balaban J connectivity index is -0.000000165. The van der Waals surface area contributed by atoms with Gasteiger partial charge in [0.25, 0.3) is 0 Å². The van der Waals surface area contributed by atoms with Crippen LogP contribution in [0.4, 0.5) is 0 Å². The van der Waals surface area contributed by atoms with Crippen molar-refractivity contribution in [3.05, 3.63) is 0 Å². The largest absolute Gasteiger partial charge is 0.481 e. The van der Waals surface area contributed by atoms with E-state index in [1.807, 2.05) is 0 Å². The molecule has 1 N–H and O–H groups in total. The number of aliphatic carboxylic acids is 1. The number of methoxy groups -OCH3 is 2. The smallest absolute Gasteiger partial charge is 0.314 e. The van der Waals surface area contributed by atoms with Gasteiger partial charge in [0, 0.05) is 0 Å². The Kier molecular flexibility index (Phi) is 36.0. The molecule has 0 rings (SSSR count). The Hall–Kier alpha value is -3.26. The molecule has 0 aromatic rings. The predicted octanol–water partition coefficient (Wildman–Crippen LogP) is 4.77. The molecule has 0 aliphatic rings. The number of alkyl halides is 1. The molecule has 0 saturated heterocycles. The summed E-state index contributed by atoms with van der Waals surface area (Å²) < 4.78 is 22.4. The number of carboxylic acid groups (broad SMARTS) is 1. The molecule has 0 aliphatic carbocycles. The number of halogens is 1. The molecule has 15 heteroatoms. The molecule has 0 amide bonds.